The molecule has 2 aliphatic heterocycles. The van der Waals surface area contributed by atoms with Crippen molar-refractivity contribution in [1.82, 2.24) is 14.5 Å². The predicted molar refractivity (Wildman–Crippen MR) is 158 cm³/mol. The van der Waals surface area contributed by atoms with Gasteiger partial charge in [0.05, 0.1) is 10.9 Å². The van der Waals surface area contributed by atoms with Gasteiger partial charge in [-0.15, -0.1) is 0 Å². The molecule has 1 saturated heterocycles. The number of nitrogens with one attached hydrogen (secondary N) is 2. The Bertz CT molecular complexity index is 1350. The van der Waals surface area contributed by atoms with Crippen LogP contribution in [-0.4, -0.2) is 68.0 Å². The third-order valence-electron chi connectivity index (χ3n) is 8.23. The van der Waals surface area contributed by atoms with Crippen LogP contribution in [0.4, 0.5) is 10.5 Å². The first kappa shape index (κ1) is 29.4. The minimum absolute atomic E-state index is 0.0739. The van der Waals surface area contributed by atoms with Gasteiger partial charge < -0.3 is 19.9 Å². The van der Waals surface area contributed by atoms with Gasteiger partial charge in [0, 0.05) is 43.8 Å². The first-order chi connectivity index (χ1) is 19.5. The average Bonchev–Trinajstić information content (AvgIpc) is 2.96. The lowest BCUT2D eigenvalue weighted by Crippen LogP contribution is -2.54. The van der Waals surface area contributed by atoms with E-state index in [2.05, 4.69) is 10.0 Å². The molecule has 3 aliphatic rings. The number of amides is 2. The van der Waals surface area contributed by atoms with Gasteiger partial charge in [-0.2, -0.15) is 0 Å². The van der Waals surface area contributed by atoms with Gasteiger partial charge >= 0.3 is 6.09 Å². The van der Waals surface area contributed by atoms with Crippen molar-refractivity contribution in [3.63, 3.8) is 0 Å². The Labute approximate surface area is 243 Å². The van der Waals surface area contributed by atoms with Gasteiger partial charge in [-0.25, -0.2) is 17.9 Å². The lowest BCUT2D eigenvalue weighted by molar-refractivity contribution is -0.142. The Hall–Kier alpha value is -3.11. The quantitative estimate of drug-likeness (QED) is 0.529. The molecule has 222 valence electrons. The van der Waals surface area contributed by atoms with Gasteiger partial charge in [0.15, 0.2) is 0 Å². The van der Waals surface area contributed by atoms with Crippen molar-refractivity contribution in [2.24, 2.45) is 5.92 Å². The van der Waals surface area contributed by atoms with E-state index in [9.17, 15) is 18.0 Å². The number of benzene rings is 2. The predicted octanol–water partition coefficient (Wildman–Crippen LogP) is 4.70. The average molecular weight is 583 g/mol. The summed E-state index contributed by atoms with van der Waals surface area (Å²) >= 11 is 0. The Morgan fingerprint density at radius 3 is 2.44 bits per heavy atom. The van der Waals surface area contributed by atoms with Crippen LogP contribution in [0.5, 0.6) is 0 Å². The second-order valence-corrected chi connectivity index (χ2v) is 14.1. The number of anilines is 1. The van der Waals surface area contributed by atoms with Crippen molar-refractivity contribution in [2.45, 2.75) is 81.9 Å². The number of piperazine rings is 1. The van der Waals surface area contributed by atoms with Crippen LogP contribution in [0, 0.1) is 5.92 Å². The monoisotopic (exact) mass is 582 g/mol. The zero-order chi connectivity index (χ0) is 29.2. The number of carbonyl (C=O) groups is 2. The molecule has 2 heterocycles. The highest BCUT2D eigenvalue weighted by atomic mass is 32.2. The zero-order valence-electron chi connectivity index (χ0n) is 24.3. The molecule has 10 heteroatoms. The Balaban J connectivity index is 1.22. The molecule has 1 saturated carbocycles. The van der Waals surface area contributed by atoms with E-state index in [1.165, 1.54) is 0 Å². The molecule has 41 heavy (non-hydrogen) atoms. The number of hydrogen-bond donors (Lipinski definition) is 2. The highest BCUT2D eigenvalue weighted by Crippen LogP contribution is 2.33. The highest BCUT2D eigenvalue weighted by Gasteiger charge is 2.39. The van der Waals surface area contributed by atoms with E-state index in [-0.39, 0.29) is 34.9 Å². The summed E-state index contributed by atoms with van der Waals surface area (Å²) in [5.74, 6) is -0.104. The van der Waals surface area contributed by atoms with Crippen molar-refractivity contribution < 1.29 is 22.7 Å². The maximum atomic E-state index is 13.8. The summed E-state index contributed by atoms with van der Waals surface area (Å²) in [6, 6.07) is 14.7. The van der Waals surface area contributed by atoms with Gasteiger partial charge in [-0.3, -0.25) is 4.79 Å². The van der Waals surface area contributed by atoms with E-state index in [4.69, 9.17) is 4.74 Å². The first-order valence-electron chi connectivity index (χ1n) is 14.7. The van der Waals surface area contributed by atoms with Gasteiger partial charge in [0.2, 0.25) is 15.9 Å². The summed E-state index contributed by atoms with van der Waals surface area (Å²) in [5.41, 5.74) is 2.43. The summed E-state index contributed by atoms with van der Waals surface area (Å²) in [7, 11) is -3.66. The number of carbonyl (C=O) groups excluding carboxylic acids is 2. The third-order valence-corrected chi connectivity index (χ3v) is 9.75. The van der Waals surface area contributed by atoms with Crippen LogP contribution in [0.15, 0.2) is 53.4 Å². The molecule has 0 spiro atoms. The normalized spacial score (nSPS) is 23.3. The molecule has 2 amide bonds. The first-order valence-corrected chi connectivity index (χ1v) is 16.2. The molecule has 0 aromatic heterocycles. The van der Waals surface area contributed by atoms with Crippen molar-refractivity contribution in [2.75, 3.05) is 31.5 Å². The van der Waals surface area contributed by atoms with Crippen molar-refractivity contribution in [3.8, 4) is 0 Å². The molecule has 2 aromatic carbocycles. The van der Waals surface area contributed by atoms with Crippen LogP contribution in [-0.2, 0) is 26.0 Å². The fourth-order valence-electron chi connectivity index (χ4n) is 6.09. The number of ether oxygens (including phenoxy) is 1. The van der Waals surface area contributed by atoms with Crippen molar-refractivity contribution >= 4 is 27.7 Å². The minimum atomic E-state index is -3.66. The second kappa shape index (κ2) is 12.0. The maximum Gasteiger partial charge on any atom is 0.410 e. The Kier molecular flexibility index (Phi) is 8.61. The molecule has 2 fully saturated rings. The molecule has 0 bridgehead atoms. The second-order valence-electron chi connectivity index (χ2n) is 12.4. The highest BCUT2D eigenvalue weighted by molar-refractivity contribution is 7.89. The zero-order valence-corrected chi connectivity index (χ0v) is 25.1. The summed E-state index contributed by atoms with van der Waals surface area (Å²) in [4.78, 5) is 30.5. The van der Waals surface area contributed by atoms with Gasteiger partial charge in [-0.1, -0.05) is 36.4 Å². The molecule has 1 aliphatic carbocycles. The molecular weight excluding hydrogens is 540 g/mol. The standard InChI is InChI=1S/C31H42N4O5S/c1-31(2,3)40-30(37)34-18-19-35(28(21-34)23-8-5-4-6-9-23)29(36)24-11-14-25(15-12-24)33-41(38,39)26-16-13-22-10-7-17-32-27(22)20-26/h4-6,8-9,13,16,20,24-25,28,32-33H,7,10-12,14-15,17-19,21H2,1-3H3. The molecule has 1 unspecified atom stereocenters. The van der Waals surface area contributed by atoms with Crippen LogP contribution in [0.1, 0.15) is 70.0 Å². The number of nitrogens with zero attached hydrogens (tertiary/aromatic N) is 2. The largest absolute Gasteiger partial charge is 0.444 e. The van der Waals surface area contributed by atoms with E-state index < -0.39 is 15.6 Å². The fourth-order valence-corrected chi connectivity index (χ4v) is 7.42. The van der Waals surface area contributed by atoms with E-state index in [0.717, 1.165) is 36.2 Å². The number of sulfonamides is 1. The molecule has 5 rings (SSSR count). The van der Waals surface area contributed by atoms with E-state index >= 15 is 0 Å². The van der Waals surface area contributed by atoms with Crippen molar-refractivity contribution in [3.05, 3.63) is 59.7 Å². The summed E-state index contributed by atoms with van der Waals surface area (Å²) in [5, 5.41) is 3.30. The topological polar surface area (TPSA) is 108 Å². The van der Waals surface area contributed by atoms with Crippen LogP contribution in [0.25, 0.3) is 0 Å². The fraction of sp³-hybridized carbons (Fsp3) is 0.548. The number of rotatable bonds is 5. The molecular formula is C31H42N4O5S. The van der Waals surface area contributed by atoms with Crippen molar-refractivity contribution in [1.29, 1.82) is 0 Å². The maximum absolute atomic E-state index is 13.8. The van der Waals surface area contributed by atoms with E-state index in [1.807, 2.05) is 62.1 Å². The van der Waals surface area contributed by atoms with Gasteiger partial charge in [-0.05, 0) is 82.6 Å². The molecule has 2 N–H and O–H groups in total. The molecule has 0 radical (unpaired) electrons. The number of hydrogen-bond acceptors (Lipinski definition) is 6. The van der Waals surface area contributed by atoms with Crippen LogP contribution < -0.4 is 10.0 Å². The summed E-state index contributed by atoms with van der Waals surface area (Å²) in [6.45, 7) is 7.60. The SMILES string of the molecule is CC(C)(C)OC(=O)N1CCN(C(=O)C2CCC(NS(=O)(=O)c3ccc4c(c3)NCCC4)CC2)C(c2ccccc2)C1. The van der Waals surface area contributed by atoms with Crippen LogP contribution in [0.2, 0.25) is 0 Å². The van der Waals surface area contributed by atoms with Crippen LogP contribution in [0.3, 0.4) is 0 Å². The van der Waals surface area contributed by atoms with Crippen LogP contribution >= 0.6 is 0 Å². The van der Waals surface area contributed by atoms with Gasteiger partial charge in [0.1, 0.15) is 5.60 Å². The van der Waals surface area contributed by atoms with Gasteiger partial charge in [0.25, 0.3) is 0 Å². The number of aryl methyl sites for hydroxylation is 1. The Morgan fingerprint density at radius 1 is 1.00 bits per heavy atom. The molecule has 9 nitrogen and oxygen atoms in total. The lowest BCUT2D eigenvalue weighted by Gasteiger charge is -2.43. The minimum Gasteiger partial charge on any atom is -0.444 e. The van der Waals surface area contributed by atoms with E-state index in [0.29, 0.717) is 45.3 Å². The summed E-state index contributed by atoms with van der Waals surface area (Å²) in [6.07, 6.45) is 4.07. The van der Waals surface area contributed by atoms with E-state index in [1.54, 1.807) is 17.0 Å². The lowest BCUT2D eigenvalue weighted by atomic mass is 9.85. The molecule has 1 atom stereocenters. The summed E-state index contributed by atoms with van der Waals surface area (Å²) < 4.78 is 34.8. The number of fused-ring (bicyclic) bond motifs is 1. The molecule has 2 aromatic rings. The smallest absolute Gasteiger partial charge is 0.410 e. The third kappa shape index (κ3) is 7.04. The Morgan fingerprint density at radius 2 is 1.73 bits per heavy atom.